The van der Waals surface area contributed by atoms with Crippen LogP contribution in [0.4, 0.5) is 0 Å². The highest BCUT2D eigenvalue weighted by Crippen LogP contribution is 2.62. The molecule has 0 unspecified atom stereocenters. The van der Waals surface area contributed by atoms with E-state index in [4.69, 9.17) is 9.47 Å². The van der Waals surface area contributed by atoms with Gasteiger partial charge in [0.1, 0.15) is 6.10 Å². The van der Waals surface area contributed by atoms with E-state index in [-0.39, 0.29) is 34.9 Å². The van der Waals surface area contributed by atoms with Crippen LogP contribution in [0.2, 0.25) is 0 Å². The number of carbonyl (C=O) groups is 1. The van der Waals surface area contributed by atoms with Crippen LogP contribution in [0.3, 0.4) is 0 Å². The van der Waals surface area contributed by atoms with Crippen LogP contribution in [0.5, 0.6) is 0 Å². The Morgan fingerprint density at radius 3 is 2.71 bits per heavy atom. The Bertz CT molecular complexity index is 809. The number of fused-ring (bicyclic) bond motifs is 3. The molecule has 1 aromatic carbocycles. The molecule has 0 aromatic heterocycles. The van der Waals surface area contributed by atoms with E-state index in [0.717, 1.165) is 31.6 Å². The quantitative estimate of drug-likeness (QED) is 0.552. The van der Waals surface area contributed by atoms with Gasteiger partial charge in [0, 0.05) is 19.0 Å². The second kappa shape index (κ2) is 7.86. The summed E-state index contributed by atoms with van der Waals surface area (Å²) < 4.78 is 12.0. The largest absolute Gasteiger partial charge is 0.462 e. The van der Waals surface area contributed by atoms with E-state index in [2.05, 4.69) is 25.8 Å². The van der Waals surface area contributed by atoms with E-state index in [1.54, 1.807) is 0 Å². The fourth-order valence-corrected chi connectivity index (χ4v) is 7.15. The summed E-state index contributed by atoms with van der Waals surface area (Å²) in [4.78, 5) is 15.1. The third kappa shape index (κ3) is 3.83. The lowest BCUT2D eigenvalue weighted by Gasteiger charge is -2.51. The molecule has 2 heterocycles. The molecule has 8 atom stereocenters. The summed E-state index contributed by atoms with van der Waals surface area (Å²) in [7, 11) is 2.06. The molecule has 2 aliphatic carbocycles. The standard InChI is InChI=1S/C26H37NO4/c1-17(23(28)18-8-5-4-6-9-18)14-27(3)15-20-19-12-22-25(2,13-21(19)31-24(20)29)10-7-11-26(22)16-30-26/h4-6,8-9,17,19-23,28H,7,10-16H2,1-3H3/t17-,19-,20-,21-,22-,23-,25-,26+/m1/s1. The molecule has 2 saturated heterocycles. The molecular formula is C26H37NO4. The predicted octanol–water partition coefficient (Wildman–Crippen LogP) is 3.81. The molecular weight excluding hydrogens is 390 g/mol. The number of benzene rings is 1. The van der Waals surface area contributed by atoms with Gasteiger partial charge >= 0.3 is 5.97 Å². The highest BCUT2D eigenvalue weighted by molar-refractivity contribution is 5.75. The maximum atomic E-state index is 12.9. The Labute approximate surface area is 186 Å². The van der Waals surface area contributed by atoms with Crippen molar-refractivity contribution in [1.29, 1.82) is 0 Å². The second-order valence-corrected chi connectivity index (χ2v) is 11.2. The topological polar surface area (TPSA) is 62.3 Å². The molecule has 5 nitrogen and oxygen atoms in total. The summed E-state index contributed by atoms with van der Waals surface area (Å²) in [6, 6.07) is 9.83. The van der Waals surface area contributed by atoms with Gasteiger partial charge < -0.3 is 19.5 Å². The Morgan fingerprint density at radius 2 is 2.00 bits per heavy atom. The van der Waals surface area contributed by atoms with Gasteiger partial charge in [-0.15, -0.1) is 0 Å². The van der Waals surface area contributed by atoms with E-state index < -0.39 is 6.10 Å². The molecule has 31 heavy (non-hydrogen) atoms. The predicted molar refractivity (Wildman–Crippen MR) is 118 cm³/mol. The highest BCUT2D eigenvalue weighted by Gasteiger charge is 2.65. The van der Waals surface area contributed by atoms with Crippen molar-refractivity contribution in [3.05, 3.63) is 35.9 Å². The zero-order valence-electron chi connectivity index (χ0n) is 19.1. The first kappa shape index (κ1) is 21.4. The van der Waals surface area contributed by atoms with Gasteiger partial charge in [-0.05, 0) is 62.0 Å². The lowest BCUT2D eigenvalue weighted by atomic mass is 9.53. The minimum atomic E-state index is -0.503. The maximum absolute atomic E-state index is 12.9. The molecule has 4 aliphatic rings. The molecule has 0 radical (unpaired) electrons. The van der Waals surface area contributed by atoms with Gasteiger partial charge in [-0.2, -0.15) is 0 Å². The zero-order valence-corrected chi connectivity index (χ0v) is 19.1. The molecule has 1 N–H and O–H groups in total. The van der Waals surface area contributed by atoms with E-state index in [1.807, 2.05) is 30.3 Å². The second-order valence-electron chi connectivity index (χ2n) is 11.2. The number of ether oxygens (including phenoxy) is 2. The van der Waals surface area contributed by atoms with Gasteiger partial charge in [-0.1, -0.05) is 44.2 Å². The summed E-state index contributed by atoms with van der Waals surface area (Å²) in [6.07, 6.45) is 5.23. The van der Waals surface area contributed by atoms with Gasteiger partial charge in [-0.25, -0.2) is 0 Å². The van der Waals surface area contributed by atoms with Crippen LogP contribution in [0.1, 0.15) is 57.6 Å². The summed E-state index contributed by atoms with van der Waals surface area (Å²) in [5, 5.41) is 10.7. The number of nitrogens with zero attached hydrogens (tertiary/aromatic N) is 1. The number of hydrogen-bond donors (Lipinski definition) is 1. The third-order valence-corrected chi connectivity index (χ3v) is 8.87. The van der Waals surface area contributed by atoms with Crippen LogP contribution < -0.4 is 0 Å². The molecule has 2 saturated carbocycles. The fraction of sp³-hybridized carbons (Fsp3) is 0.731. The van der Waals surface area contributed by atoms with Crippen molar-refractivity contribution < 1.29 is 19.4 Å². The molecule has 5 rings (SSSR count). The molecule has 1 spiro atoms. The highest BCUT2D eigenvalue weighted by atomic mass is 16.6. The number of aliphatic hydroxyl groups excluding tert-OH is 1. The van der Waals surface area contributed by atoms with Gasteiger partial charge in [0.05, 0.1) is 24.2 Å². The smallest absolute Gasteiger partial charge is 0.310 e. The Kier molecular flexibility index (Phi) is 5.43. The van der Waals surface area contributed by atoms with Crippen molar-refractivity contribution in [2.24, 2.45) is 29.1 Å². The summed E-state index contributed by atoms with van der Waals surface area (Å²) in [6.45, 7) is 6.82. The molecule has 5 heteroatoms. The fourth-order valence-electron chi connectivity index (χ4n) is 7.15. The van der Waals surface area contributed by atoms with Crippen LogP contribution in [0, 0.1) is 29.1 Å². The van der Waals surface area contributed by atoms with Gasteiger partial charge in [0.2, 0.25) is 0 Å². The first-order chi connectivity index (χ1) is 14.8. The van der Waals surface area contributed by atoms with E-state index in [0.29, 0.717) is 18.4 Å². The molecule has 2 aliphatic heterocycles. The van der Waals surface area contributed by atoms with Crippen molar-refractivity contribution in [3.8, 4) is 0 Å². The van der Waals surface area contributed by atoms with Crippen molar-refractivity contribution in [2.45, 2.75) is 63.8 Å². The van der Waals surface area contributed by atoms with Crippen LogP contribution in [-0.2, 0) is 14.3 Å². The SMILES string of the molecule is C[C@H](CN(C)C[C@H]1C(=O)O[C@@H]2C[C@@]3(C)CCC[C@]4(CO4)[C@@H]3C[C@@H]21)[C@@H](O)c1ccccc1. The summed E-state index contributed by atoms with van der Waals surface area (Å²) in [5.74, 6) is 0.832. The summed E-state index contributed by atoms with van der Waals surface area (Å²) >= 11 is 0. The number of epoxide rings is 1. The lowest BCUT2D eigenvalue weighted by Crippen LogP contribution is -2.51. The molecule has 1 aromatic rings. The Hall–Kier alpha value is -1.43. The van der Waals surface area contributed by atoms with E-state index >= 15 is 0 Å². The first-order valence-corrected chi connectivity index (χ1v) is 12.1. The molecule has 170 valence electrons. The Morgan fingerprint density at radius 1 is 1.26 bits per heavy atom. The average Bonchev–Trinajstić information content (AvgIpc) is 3.45. The lowest BCUT2D eigenvalue weighted by molar-refractivity contribution is -0.147. The molecule has 0 bridgehead atoms. The number of esters is 1. The summed E-state index contributed by atoms with van der Waals surface area (Å²) in [5.41, 5.74) is 1.28. The van der Waals surface area contributed by atoms with Crippen LogP contribution in [0.25, 0.3) is 0 Å². The van der Waals surface area contributed by atoms with E-state index in [9.17, 15) is 9.90 Å². The third-order valence-electron chi connectivity index (χ3n) is 8.87. The molecule has 4 fully saturated rings. The normalized spacial score (nSPS) is 40.9. The number of aliphatic hydroxyl groups is 1. The van der Waals surface area contributed by atoms with Crippen molar-refractivity contribution in [3.63, 3.8) is 0 Å². The minimum Gasteiger partial charge on any atom is -0.462 e. The zero-order chi connectivity index (χ0) is 21.8. The molecule has 0 amide bonds. The van der Waals surface area contributed by atoms with Crippen molar-refractivity contribution in [1.82, 2.24) is 4.90 Å². The monoisotopic (exact) mass is 427 g/mol. The van der Waals surface area contributed by atoms with Gasteiger partial charge in [-0.3, -0.25) is 4.79 Å². The van der Waals surface area contributed by atoms with E-state index in [1.165, 1.54) is 19.3 Å². The van der Waals surface area contributed by atoms with Gasteiger partial charge in [0.25, 0.3) is 0 Å². The van der Waals surface area contributed by atoms with Crippen LogP contribution in [0.15, 0.2) is 30.3 Å². The van der Waals surface area contributed by atoms with Crippen molar-refractivity contribution in [2.75, 3.05) is 26.7 Å². The number of hydrogen-bond acceptors (Lipinski definition) is 5. The Balaban J connectivity index is 1.24. The van der Waals surface area contributed by atoms with Crippen LogP contribution >= 0.6 is 0 Å². The first-order valence-electron chi connectivity index (χ1n) is 12.1. The average molecular weight is 428 g/mol. The minimum absolute atomic E-state index is 0.0221. The maximum Gasteiger partial charge on any atom is 0.310 e. The number of carbonyl (C=O) groups excluding carboxylic acids is 1. The van der Waals surface area contributed by atoms with Gasteiger partial charge in [0.15, 0.2) is 0 Å². The number of rotatable bonds is 6. The van der Waals surface area contributed by atoms with Crippen molar-refractivity contribution >= 4 is 5.97 Å². The van der Waals surface area contributed by atoms with Crippen LogP contribution in [-0.4, -0.2) is 54.4 Å².